The molecule has 0 aromatic carbocycles. The predicted octanol–water partition coefficient (Wildman–Crippen LogP) is 3.12. The number of nitrogens with zero attached hydrogens (tertiary/aromatic N) is 1. The van der Waals surface area contributed by atoms with Crippen molar-refractivity contribution in [2.75, 3.05) is 19.6 Å². The average molecular weight is 294 g/mol. The molecule has 1 aromatic heterocycles. The number of thiophene rings is 1. The summed E-state index contributed by atoms with van der Waals surface area (Å²) in [4.78, 5) is 15.8. The van der Waals surface area contributed by atoms with E-state index in [2.05, 4.69) is 34.7 Å². The minimum Gasteiger partial charge on any atom is -0.356 e. The van der Waals surface area contributed by atoms with Crippen LogP contribution in [0.3, 0.4) is 0 Å². The van der Waals surface area contributed by atoms with Gasteiger partial charge >= 0.3 is 0 Å². The van der Waals surface area contributed by atoms with E-state index in [1.807, 2.05) is 18.3 Å². The Morgan fingerprint density at radius 3 is 3.15 bits per heavy atom. The SMILES string of the molecule is CC[C@H](C)C(=O)NC[C@@H]1CCCN(Cc2cccs2)C1. The van der Waals surface area contributed by atoms with Gasteiger partial charge in [0.25, 0.3) is 0 Å². The summed E-state index contributed by atoms with van der Waals surface area (Å²) >= 11 is 1.83. The van der Waals surface area contributed by atoms with Gasteiger partial charge in [-0.3, -0.25) is 9.69 Å². The minimum absolute atomic E-state index is 0.140. The Hall–Kier alpha value is -0.870. The monoisotopic (exact) mass is 294 g/mol. The Kier molecular flexibility index (Phi) is 6.05. The zero-order valence-corrected chi connectivity index (χ0v) is 13.4. The molecule has 4 heteroatoms. The molecule has 0 unspecified atom stereocenters. The molecule has 0 spiro atoms. The van der Waals surface area contributed by atoms with Crippen LogP contribution >= 0.6 is 11.3 Å². The number of rotatable bonds is 6. The third-order valence-electron chi connectivity index (χ3n) is 4.19. The van der Waals surface area contributed by atoms with Gasteiger partial charge < -0.3 is 5.32 Å². The molecule has 1 aliphatic rings. The molecule has 1 aromatic rings. The second-order valence-electron chi connectivity index (χ2n) is 5.88. The van der Waals surface area contributed by atoms with Crippen molar-refractivity contribution in [3.8, 4) is 0 Å². The topological polar surface area (TPSA) is 32.3 Å². The van der Waals surface area contributed by atoms with Crippen LogP contribution in [0, 0.1) is 11.8 Å². The molecule has 20 heavy (non-hydrogen) atoms. The average Bonchev–Trinajstić information content (AvgIpc) is 2.97. The van der Waals surface area contributed by atoms with Gasteiger partial charge in [0, 0.05) is 30.4 Å². The Labute approximate surface area is 126 Å². The van der Waals surface area contributed by atoms with E-state index >= 15 is 0 Å². The number of hydrogen-bond acceptors (Lipinski definition) is 3. The Bertz CT molecular complexity index is 405. The molecule has 1 aliphatic heterocycles. The maximum absolute atomic E-state index is 11.8. The van der Waals surface area contributed by atoms with Gasteiger partial charge in [0.15, 0.2) is 0 Å². The molecule has 1 fully saturated rings. The lowest BCUT2D eigenvalue weighted by molar-refractivity contribution is -0.124. The summed E-state index contributed by atoms with van der Waals surface area (Å²) in [6.07, 6.45) is 3.40. The van der Waals surface area contributed by atoms with E-state index in [1.165, 1.54) is 24.3 Å². The first-order valence-electron chi connectivity index (χ1n) is 7.71. The molecule has 112 valence electrons. The molecule has 2 rings (SSSR count). The van der Waals surface area contributed by atoms with Crippen molar-refractivity contribution < 1.29 is 4.79 Å². The second-order valence-corrected chi connectivity index (χ2v) is 6.91. The maximum atomic E-state index is 11.8. The number of hydrogen-bond donors (Lipinski definition) is 1. The molecule has 1 N–H and O–H groups in total. The van der Waals surface area contributed by atoms with Crippen LogP contribution in [-0.2, 0) is 11.3 Å². The van der Waals surface area contributed by atoms with E-state index in [0.717, 1.165) is 26.1 Å². The molecule has 0 bridgehead atoms. The largest absolute Gasteiger partial charge is 0.356 e. The van der Waals surface area contributed by atoms with E-state index in [9.17, 15) is 4.79 Å². The van der Waals surface area contributed by atoms with Crippen molar-refractivity contribution in [3.05, 3.63) is 22.4 Å². The molecule has 1 saturated heterocycles. The lowest BCUT2D eigenvalue weighted by Gasteiger charge is -2.32. The van der Waals surface area contributed by atoms with Gasteiger partial charge in [-0.25, -0.2) is 0 Å². The first-order chi connectivity index (χ1) is 9.69. The fourth-order valence-electron chi connectivity index (χ4n) is 2.69. The van der Waals surface area contributed by atoms with Crippen molar-refractivity contribution in [1.82, 2.24) is 10.2 Å². The summed E-state index contributed by atoms with van der Waals surface area (Å²) in [5, 5.41) is 5.26. The Balaban J connectivity index is 1.74. The molecule has 3 nitrogen and oxygen atoms in total. The summed E-state index contributed by atoms with van der Waals surface area (Å²) in [6.45, 7) is 8.26. The molecule has 0 radical (unpaired) electrons. The van der Waals surface area contributed by atoms with Gasteiger partial charge in [-0.15, -0.1) is 11.3 Å². The van der Waals surface area contributed by atoms with Crippen LogP contribution in [0.4, 0.5) is 0 Å². The van der Waals surface area contributed by atoms with Gasteiger partial charge in [0.1, 0.15) is 0 Å². The van der Waals surface area contributed by atoms with Gasteiger partial charge in [0.05, 0.1) is 0 Å². The third-order valence-corrected chi connectivity index (χ3v) is 5.05. The zero-order valence-electron chi connectivity index (χ0n) is 12.6. The standard InChI is InChI=1S/C16H26N2OS/c1-3-13(2)16(19)17-10-14-6-4-8-18(11-14)12-15-7-5-9-20-15/h5,7,9,13-14H,3-4,6,8,10-12H2,1-2H3,(H,17,19)/t13-,14-/m0/s1. The normalized spacial score (nSPS) is 21.6. The van der Waals surface area contributed by atoms with E-state index in [0.29, 0.717) is 5.92 Å². The van der Waals surface area contributed by atoms with E-state index in [1.54, 1.807) is 0 Å². The first-order valence-corrected chi connectivity index (χ1v) is 8.59. The molecule has 0 saturated carbocycles. The minimum atomic E-state index is 0.140. The predicted molar refractivity (Wildman–Crippen MR) is 84.8 cm³/mol. The summed E-state index contributed by atoms with van der Waals surface area (Å²) < 4.78 is 0. The number of nitrogens with one attached hydrogen (secondary N) is 1. The summed E-state index contributed by atoms with van der Waals surface area (Å²) in [7, 11) is 0. The summed E-state index contributed by atoms with van der Waals surface area (Å²) in [5.74, 6) is 0.959. The number of piperidine rings is 1. The molecule has 2 heterocycles. The molecular formula is C16H26N2OS. The highest BCUT2D eigenvalue weighted by Crippen LogP contribution is 2.20. The van der Waals surface area contributed by atoms with Gasteiger partial charge in [-0.2, -0.15) is 0 Å². The lowest BCUT2D eigenvalue weighted by atomic mass is 9.97. The molecule has 0 aliphatic carbocycles. The van der Waals surface area contributed by atoms with Crippen molar-refractivity contribution in [3.63, 3.8) is 0 Å². The quantitative estimate of drug-likeness (QED) is 0.874. The zero-order chi connectivity index (χ0) is 14.4. The summed E-state index contributed by atoms with van der Waals surface area (Å²) in [5.41, 5.74) is 0. The highest BCUT2D eigenvalue weighted by Gasteiger charge is 2.21. The second kappa shape index (κ2) is 7.79. The van der Waals surface area contributed by atoms with Crippen molar-refractivity contribution in [1.29, 1.82) is 0 Å². The van der Waals surface area contributed by atoms with Crippen LogP contribution in [-0.4, -0.2) is 30.4 Å². The Morgan fingerprint density at radius 2 is 2.45 bits per heavy atom. The van der Waals surface area contributed by atoms with Crippen molar-refractivity contribution in [2.24, 2.45) is 11.8 Å². The van der Waals surface area contributed by atoms with Crippen LogP contribution in [0.2, 0.25) is 0 Å². The van der Waals surface area contributed by atoms with Crippen molar-refractivity contribution >= 4 is 17.2 Å². The van der Waals surface area contributed by atoms with Crippen LogP contribution in [0.1, 0.15) is 38.0 Å². The maximum Gasteiger partial charge on any atom is 0.222 e. The van der Waals surface area contributed by atoms with Crippen molar-refractivity contribution in [2.45, 2.75) is 39.7 Å². The van der Waals surface area contributed by atoms with E-state index in [4.69, 9.17) is 0 Å². The van der Waals surface area contributed by atoms with Crippen LogP contribution in [0.5, 0.6) is 0 Å². The number of carbonyl (C=O) groups excluding carboxylic acids is 1. The van der Waals surface area contributed by atoms with Gasteiger partial charge in [0.2, 0.25) is 5.91 Å². The Morgan fingerprint density at radius 1 is 1.60 bits per heavy atom. The summed E-state index contributed by atoms with van der Waals surface area (Å²) in [6, 6.07) is 4.33. The van der Waals surface area contributed by atoms with Crippen LogP contribution in [0.15, 0.2) is 17.5 Å². The highest BCUT2D eigenvalue weighted by molar-refractivity contribution is 7.09. The molecule has 2 atom stereocenters. The third kappa shape index (κ3) is 4.60. The highest BCUT2D eigenvalue weighted by atomic mass is 32.1. The van der Waals surface area contributed by atoms with E-state index in [-0.39, 0.29) is 11.8 Å². The van der Waals surface area contributed by atoms with Gasteiger partial charge in [-0.1, -0.05) is 19.9 Å². The van der Waals surface area contributed by atoms with Gasteiger partial charge in [-0.05, 0) is 43.2 Å². The smallest absolute Gasteiger partial charge is 0.222 e. The fourth-order valence-corrected chi connectivity index (χ4v) is 3.44. The number of carbonyl (C=O) groups is 1. The molecular weight excluding hydrogens is 268 g/mol. The molecule has 1 amide bonds. The number of amides is 1. The fraction of sp³-hybridized carbons (Fsp3) is 0.688. The van der Waals surface area contributed by atoms with E-state index < -0.39 is 0 Å². The first kappa shape index (κ1) is 15.5. The lowest BCUT2D eigenvalue weighted by Crippen LogP contribution is -2.41. The van der Waals surface area contributed by atoms with Crippen LogP contribution in [0.25, 0.3) is 0 Å². The van der Waals surface area contributed by atoms with Crippen LogP contribution < -0.4 is 5.32 Å². The number of likely N-dealkylation sites (tertiary alicyclic amines) is 1.